The van der Waals surface area contributed by atoms with Gasteiger partial charge in [0.1, 0.15) is 0 Å². The summed E-state index contributed by atoms with van der Waals surface area (Å²) in [6.45, 7) is 14.6. The monoisotopic (exact) mass is 371 g/mol. The third-order valence-electron chi connectivity index (χ3n) is 3.39. The van der Waals surface area contributed by atoms with Crippen molar-refractivity contribution in [2.75, 3.05) is 13.7 Å². The van der Waals surface area contributed by atoms with Gasteiger partial charge in [-0.15, -0.1) is 0 Å². The Hall–Kier alpha value is -0.740. The summed E-state index contributed by atoms with van der Waals surface area (Å²) in [7, 11) is 1.67. The first-order chi connectivity index (χ1) is 10.1. The highest BCUT2D eigenvalue weighted by molar-refractivity contribution is 9.10. The quantitative estimate of drug-likeness (QED) is 0.717. The predicted octanol–water partition coefficient (Wildman–Crippen LogP) is 5.16. The lowest BCUT2D eigenvalue weighted by Gasteiger charge is -2.34. The molecule has 0 atom stereocenters. The van der Waals surface area contributed by atoms with Crippen LogP contribution in [0.2, 0.25) is 0 Å². The van der Waals surface area contributed by atoms with Gasteiger partial charge in [0, 0.05) is 22.1 Å². The van der Waals surface area contributed by atoms with Crippen LogP contribution in [0.15, 0.2) is 16.6 Å². The third kappa shape index (κ3) is 5.81. The molecule has 0 heterocycles. The van der Waals surface area contributed by atoms with Crippen molar-refractivity contribution >= 4 is 15.9 Å². The fourth-order valence-corrected chi connectivity index (χ4v) is 3.38. The number of rotatable bonds is 7. The van der Waals surface area contributed by atoms with Crippen LogP contribution in [0.1, 0.15) is 53.5 Å². The van der Waals surface area contributed by atoms with E-state index in [1.54, 1.807) is 7.11 Å². The molecule has 1 rings (SSSR count). The number of hydrogen-bond acceptors (Lipinski definition) is 3. The van der Waals surface area contributed by atoms with Crippen LogP contribution in [0.25, 0.3) is 0 Å². The van der Waals surface area contributed by atoms with Crippen LogP contribution in [-0.2, 0) is 6.54 Å². The molecule has 0 aromatic heterocycles. The molecular formula is C18H30BrNO2. The van der Waals surface area contributed by atoms with Crippen molar-refractivity contribution in [3.05, 3.63) is 22.2 Å². The standard InChI is InChI=1S/C18H30BrNO2/c1-8-22-16-13(14(19)9-10-15(16)21-7)11-20-18(5,6)12-17(2,3)4/h9-10,20H,8,11-12H2,1-7H3. The van der Waals surface area contributed by atoms with Gasteiger partial charge in [-0.3, -0.25) is 0 Å². The molecule has 0 radical (unpaired) electrons. The zero-order valence-electron chi connectivity index (χ0n) is 15.0. The summed E-state index contributed by atoms with van der Waals surface area (Å²) >= 11 is 3.63. The van der Waals surface area contributed by atoms with Crippen molar-refractivity contribution in [1.82, 2.24) is 5.32 Å². The summed E-state index contributed by atoms with van der Waals surface area (Å²) in [5.74, 6) is 1.59. The molecule has 1 aromatic carbocycles. The van der Waals surface area contributed by atoms with E-state index >= 15 is 0 Å². The number of ether oxygens (including phenoxy) is 2. The first-order valence-electron chi connectivity index (χ1n) is 7.83. The molecule has 0 amide bonds. The fraction of sp³-hybridized carbons (Fsp3) is 0.667. The van der Waals surface area contributed by atoms with Gasteiger partial charge in [0.2, 0.25) is 0 Å². The van der Waals surface area contributed by atoms with E-state index in [0.717, 1.165) is 34.5 Å². The van der Waals surface area contributed by atoms with Crippen molar-refractivity contribution in [3.63, 3.8) is 0 Å². The van der Waals surface area contributed by atoms with Crippen LogP contribution >= 0.6 is 15.9 Å². The Morgan fingerprint density at radius 2 is 1.77 bits per heavy atom. The molecule has 0 saturated carbocycles. The minimum absolute atomic E-state index is 0.0459. The molecule has 0 saturated heterocycles. The number of hydrogen-bond donors (Lipinski definition) is 1. The largest absolute Gasteiger partial charge is 0.493 e. The van der Waals surface area contributed by atoms with Crippen LogP contribution in [0.4, 0.5) is 0 Å². The Morgan fingerprint density at radius 3 is 2.27 bits per heavy atom. The van der Waals surface area contributed by atoms with Gasteiger partial charge in [-0.2, -0.15) is 0 Å². The van der Waals surface area contributed by atoms with Gasteiger partial charge in [-0.25, -0.2) is 0 Å². The second-order valence-corrected chi connectivity index (χ2v) is 8.32. The van der Waals surface area contributed by atoms with Gasteiger partial charge in [0.15, 0.2) is 11.5 Å². The number of benzene rings is 1. The van der Waals surface area contributed by atoms with E-state index in [4.69, 9.17) is 9.47 Å². The highest BCUT2D eigenvalue weighted by atomic mass is 79.9. The SMILES string of the molecule is CCOc1c(OC)ccc(Br)c1CNC(C)(C)CC(C)(C)C. The minimum atomic E-state index is 0.0459. The number of nitrogens with one attached hydrogen (secondary N) is 1. The van der Waals surface area contributed by atoms with Crippen LogP contribution < -0.4 is 14.8 Å². The van der Waals surface area contributed by atoms with Crippen molar-refractivity contribution < 1.29 is 9.47 Å². The van der Waals surface area contributed by atoms with E-state index in [-0.39, 0.29) is 11.0 Å². The molecule has 0 bridgehead atoms. The molecule has 4 heteroatoms. The molecule has 1 N–H and O–H groups in total. The average Bonchev–Trinajstić information content (AvgIpc) is 2.36. The third-order valence-corrected chi connectivity index (χ3v) is 4.13. The molecule has 1 aromatic rings. The van der Waals surface area contributed by atoms with E-state index in [1.165, 1.54) is 0 Å². The van der Waals surface area contributed by atoms with Crippen LogP contribution in [-0.4, -0.2) is 19.3 Å². The lowest BCUT2D eigenvalue weighted by Crippen LogP contribution is -2.42. The zero-order valence-corrected chi connectivity index (χ0v) is 16.6. The Morgan fingerprint density at radius 1 is 1.14 bits per heavy atom. The molecule has 22 heavy (non-hydrogen) atoms. The lowest BCUT2D eigenvalue weighted by atomic mass is 9.81. The van der Waals surface area contributed by atoms with Gasteiger partial charge < -0.3 is 14.8 Å². The Kier molecular flexibility index (Phi) is 6.75. The molecule has 0 aliphatic carbocycles. The van der Waals surface area contributed by atoms with Gasteiger partial charge in [-0.1, -0.05) is 36.7 Å². The predicted molar refractivity (Wildman–Crippen MR) is 96.9 cm³/mol. The van der Waals surface area contributed by atoms with Gasteiger partial charge in [0.05, 0.1) is 13.7 Å². The number of halogens is 1. The Balaban J connectivity index is 2.97. The second kappa shape index (κ2) is 7.69. The highest BCUT2D eigenvalue weighted by Gasteiger charge is 2.26. The molecule has 0 unspecified atom stereocenters. The fourth-order valence-electron chi connectivity index (χ4n) is 2.93. The average molecular weight is 372 g/mol. The second-order valence-electron chi connectivity index (χ2n) is 7.47. The van der Waals surface area contributed by atoms with E-state index in [0.29, 0.717) is 6.61 Å². The summed E-state index contributed by atoms with van der Waals surface area (Å²) in [5, 5.41) is 3.66. The van der Waals surface area contributed by atoms with Gasteiger partial charge in [0.25, 0.3) is 0 Å². The Labute approximate surface area is 143 Å². The molecular weight excluding hydrogens is 342 g/mol. The summed E-state index contributed by atoms with van der Waals surface area (Å²) < 4.78 is 12.3. The van der Waals surface area contributed by atoms with Gasteiger partial charge in [-0.05, 0) is 44.7 Å². The summed E-state index contributed by atoms with van der Waals surface area (Å²) in [6, 6.07) is 3.94. The van der Waals surface area contributed by atoms with Crippen molar-refractivity contribution in [1.29, 1.82) is 0 Å². The minimum Gasteiger partial charge on any atom is -0.493 e. The van der Waals surface area contributed by atoms with E-state index < -0.39 is 0 Å². The van der Waals surface area contributed by atoms with Crippen LogP contribution in [0.3, 0.4) is 0 Å². The molecule has 0 spiro atoms. The van der Waals surface area contributed by atoms with Crippen molar-refractivity contribution in [3.8, 4) is 11.5 Å². The van der Waals surface area contributed by atoms with Crippen molar-refractivity contribution in [2.24, 2.45) is 5.41 Å². The lowest BCUT2D eigenvalue weighted by molar-refractivity contribution is 0.238. The molecule has 126 valence electrons. The first kappa shape index (κ1) is 19.3. The molecule has 3 nitrogen and oxygen atoms in total. The summed E-state index contributed by atoms with van der Waals surface area (Å²) in [5.41, 5.74) is 1.43. The zero-order chi connectivity index (χ0) is 17.0. The van der Waals surface area contributed by atoms with Crippen LogP contribution in [0.5, 0.6) is 11.5 Å². The first-order valence-corrected chi connectivity index (χ1v) is 8.62. The smallest absolute Gasteiger partial charge is 0.166 e. The van der Waals surface area contributed by atoms with Gasteiger partial charge >= 0.3 is 0 Å². The van der Waals surface area contributed by atoms with E-state index in [2.05, 4.69) is 55.9 Å². The maximum atomic E-state index is 5.81. The van der Waals surface area contributed by atoms with Crippen LogP contribution in [0, 0.1) is 5.41 Å². The van der Waals surface area contributed by atoms with E-state index in [1.807, 2.05) is 19.1 Å². The molecule has 0 fully saturated rings. The summed E-state index contributed by atoms with van der Waals surface area (Å²) in [6.07, 6.45) is 1.09. The Bertz CT molecular complexity index is 493. The topological polar surface area (TPSA) is 30.5 Å². The molecule has 0 aliphatic heterocycles. The summed E-state index contributed by atoms with van der Waals surface area (Å²) in [4.78, 5) is 0. The molecule has 0 aliphatic rings. The maximum Gasteiger partial charge on any atom is 0.166 e. The van der Waals surface area contributed by atoms with Crippen molar-refractivity contribution in [2.45, 2.75) is 60.0 Å². The normalized spacial score (nSPS) is 12.4. The van der Waals surface area contributed by atoms with E-state index in [9.17, 15) is 0 Å². The maximum absolute atomic E-state index is 5.81. The number of methoxy groups -OCH3 is 1. The highest BCUT2D eigenvalue weighted by Crippen LogP contribution is 2.37.